The van der Waals surface area contributed by atoms with Gasteiger partial charge in [-0.15, -0.1) is 0 Å². The Kier molecular flexibility index (Phi) is 7.54. The first-order valence-corrected chi connectivity index (χ1v) is 22.0. The molecule has 302 valence electrons. The van der Waals surface area contributed by atoms with Crippen molar-refractivity contribution in [3.63, 3.8) is 0 Å². The topological polar surface area (TPSA) is 61.0 Å². The van der Waals surface area contributed by atoms with Crippen LogP contribution in [0.15, 0.2) is 217 Å². The van der Waals surface area contributed by atoms with Crippen molar-refractivity contribution in [1.82, 2.24) is 15.0 Å². The Morgan fingerprint density at radius 2 is 0.985 bits per heavy atom. The summed E-state index contributed by atoms with van der Waals surface area (Å²) in [5, 5.41) is 5.49. The first kappa shape index (κ1) is 35.9. The Morgan fingerprint density at radius 1 is 0.354 bits per heavy atom. The van der Waals surface area contributed by atoms with Crippen LogP contribution in [0.1, 0.15) is 22.3 Å². The molecule has 4 heterocycles. The van der Waals surface area contributed by atoms with Gasteiger partial charge in [0.05, 0.1) is 28.0 Å². The largest absolute Gasteiger partial charge is 0.457 e. The van der Waals surface area contributed by atoms with Crippen molar-refractivity contribution in [2.75, 3.05) is 0 Å². The third-order valence-corrected chi connectivity index (χ3v) is 13.6. The summed E-state index contributed by atoms with van der Waals surface area (Å²) in [6.07, 6.45) is 0. The third kappa shape index (κ3) is 5.18. The molecule has 1 spiro atoms. The summed E-state index contributed by atoms with van der Waals surface area (Å²) in [5.74, 6) is 2.43. The van der Waals surface area contributed by atoms with E-state index in [2.05, 4.69) is 170 Å². The van der Waals surface area contributed by atoms with Gasteiger partial charge in [-0.05, 0) is 76.2 Å². The summed E-state index contributed by atoms with van der Waals surface area (Å²) in [4.78, 5) is 15.8. The van der Waals surface area contributed by atoms with Crippen LogP contribution in [-0.4, -0.2) is 15.0 Å². The van der Waals surface area contributed by atoms with Crippen LogP contribution >= 0.6 is 0 Å². The lowest BCUT2D eigenvalue weighted by Gasteiger charge is -2.39. The van der Waals surface area contributed by atoms with Gasteiger partial charge in [-0.3, -0.25) is 0 Å². The number of aromatic nitrogens is 3. The minimum atomic E-state index is -0.566. The third-order valence-electron chi connectivity index (χ3n) is 13.6. The molecular weight excluding hydrogens is 795 g/mol. The van der Waals surface area contributed by atoms with E-state index in [1.165, 1.54) is 22.3 Å². The molecule has 1 aliphatic heterocycles. The molecule has 9 aromatic carbocycles. The fraction of sp³-hybridized carbons (Fsp3) is 0.0167. The molecule has 3 aromatic heterocycles. The molecule has 65 heavy (non-hydrogen) atoms. The number of ether oxygens (including phenoxy) is 1. The molecule has 0 radical (unpaired) electrons. The van der Waals surface area contributed by atoms with Crippen molar-refractivity contribution < 1.29 is 9.15 Å². The number of benzene rings is 9. The molecule has 1 aliphatic carbocycles. The van der Waals surface area contributed by atoms with E-state index in [0.717, 1.165) is 106 Å². The van der Waals surface area contributed by atoms with Gasteiger partial charge in [0.2, 0.25) is 0 Å². The Balaban J connectivity index is 0.964. The van der Waals surface area contributed by atoms with E-state index in [4.69, 9.17) is 24.1 Å². The molecule has 0 fully saturated rings. The number of nitrogens with zero attached hydrogens (tertiary/aromatic N) is 3. The lowest BCUT2D eigenvalue weighted by atomic mass is 9.66. The van der Waals surface area contributed by atoms with Gasteiger partial charge in [0, 0.05) is 54.9 Å². The number of hydrogen-bond acceptors (Lipinski definition) is 5. The maximum absolute atomic E-state index is 6.64. The zero-order valence-corrected chi connectivity index (χ0v) is 34.9. The highest BCUT2D eigenvalue weighted by Crippen LogP contribution is 2.62. The van der Waals surface area contributed by atoms with Gasteiger partial charge in [0.1, 0.15) is 22.7 Å². The van der Waals surface area contributed by atoms with E-state index in [1.54, 1.807) is 0 Å². The molecule has 0 unspecified atom stereocenters. The second kappa shape index (κ2) is 13.7. The molecule has 0 N–H and O–H groups in total. The molecule has 0 saturated heterocycles. The van der Waals surface area contributed by atoms with Crippen LogP contribution < -0.4 is 4.74 Å². The summed E-state index contributed by atoms with van der Waals surface area (Å²) < 4.78 is 12.9. The van der Waals surface area contributed by atoms with Gasteiger partial charge in [0.15, 0.2) is 5.82 Å². The molecule has 0 atom stereocenters. The number of para-hydroxylation sites is 4. The highest BCUT2D eigenvalue weighted by atomic mass is 16.5. The minimum Gasteiger partial charge on any atom is -0.457 e. The van der Waals surface area contributed by atoms with Crippen LogP contribution in [0, 0.1) is 0 Å². The second-order valence-electron chi connectivity index (χ2n) is 17.0. The second-order valence-corrected chi connectivity index (χ2v) is 17.0. The van der Waals surface area contributed by atoms with Crippen molar-refractivity contribution in [2.24, 2.45) is 0 Å². The molecule has 0 amide bonds. The van der Waals surface area contributed by atoms with E-state index in [0.29, 0.717) is 5.82 Å². The SMILES string of the molecule is c1ccc(-c2nc(-c3ccc(-c4nc5ccccc5c5cc6c(cc45)-c4ccccc4C64c5ccccc5Oc5ccccc54)cc3)cc(-c3cccc4oc5ccccc5c34)n2)cc1. The van der Waals surface area contributed by atoms with E-state index >= 15 is 0 Å². The zero-order valence-electron chi connectivity index (χ0n) is 34.9. The Bertz CT molecular complexity index is 3880. The van der Waals surface area contributed by atoms with Gasteiger partial charge < -0.3 is 9.15 Å². The van der Waals surface area contributed by atoms with Crippen LogP contribution in [0.2, 0.25) is 0 Å². The molecule has 0 saturated carbocycles. The summed E-state index contributed by atoms with van der Waals surface area (Å²) >= 11 is 0. The molecule has 12 aromatic rings. The summed E-state index contributed by atoms with van der Waals surface area (Å²) in [5.41, 5.74) is 15.9. The normalized spacial score (nSPS) is 13.2. The maximum Gasteiger partial charge on any atom is 0.160 e. The maximum atomic E-state index is 6.64. The lowest BCUT2D eigenvalue weighted by molar-refractivity contribution is 0.436. The van der Waals surface area contributed by atoms with Crippen molar-refractivity contribution in [1.29, 1.82) is 0 Å². The van der Waals surface area contributed by atoms with Crippen LogP contribution in [-0.2, 0) is 5.41 Å². The fourth-order valence-electron chi connectivity index (χ4n) is 10.8. The first-order valence-electron chi connectivity index (χ1n) is 22.0. The Morgan fingerprint density at radius 3 is 1.80 bits per heavy atom. The smallest absolute Gasteiger partial charge is 0.160 e. The summed E-state index contributed by atoms with van der Waals surface area (Å²) in [6.45, 7) is 0. The van der Waals surface area contributed by atoms with Gasteiger partial charge in [-0.2, -0.15) is 0 Å². The Labute approximate surface area is 373 Å². The Hall–Kier alpha value is -8.67. The zero-order chi connectivity index (χ0) is 42.6. The molecule has 5 heteroatoms. The van der Waals surface area contributed by atoms with Crippen molar-refractivity contribution in [3.8, 4) is 67.8 Å². The van der Waals surface area contributed by atoms with Crippen molar-refractivity contribution in [2.45, 2.75) is 5.41 Å². The number of rotatable bonds is 4. The van der Waals surface area contributed by atoms with E-state index in [-0.39, 0.29) is 0 Å². The van der Waals surface area contributed by atoms with Gasteiger partial charge >= 0.3 is 0 Å². The van der Waals surface area contributed by atoms with Gasteiger partial charge in [-0.25, -0.2) is 15.0 Å². The molecular formula is C60H35N3O2. The van der Waals surface area contributed by atoms with E-state index < -0.39 is 5.41 Å². The molecule has 0 bridgehead atoms. The number of pyridine rings is 1. The number of fused-ring (bicyclic) bond motifs is 15. The standard InChI is InChI=1S/C60H35N3O2/c1-2-15-38(16-3-1)59-62-51(35-52(63-59)41-20-14-28-56-57(41)42-19-6-11-25-53(42)64-56)36-29-31-37(32-30-36)58-45-33-44-39-17-4-7-21-46(39)60(49(44)34-43(45)40-18-5-10-24-50(40)61-58)47-22-8-12-26-54(47)65-55-27-13-9-23-48(55)60/h1-35H. The van der Waals surface area contributed by atoms with Crippen LogP contribution in [0.25, 0.3) is 99.9 Å². The van der Waals surface area contributed by atoms with Gasteiger partial charge in [0.25, 0.3) is 0 Å². The van der Waals surface area contributed by atoms with Crippen LogP contribution in [0.5, 0.6) is 11.5 Å². The quantitative estimate of drug-likeness (QED) is 0.165. The molecule has 5 nitrogen and oxygen atoms in total. The fourth-order valence-corrected chi connectivity index (χ4v) is 10.8. The van der Waals surface area contributed by atoms with E-state index in [9.17, 15) is 0 Å². The monoisotopic (exact) mass is 829 g/mol. The summed E-state index contributed by atoms with van der Waals surface area (Å²) in [6, 6.07) is 74.7. The van der Waals surface area contributed by atoms with E-state index in [1.807, 2.05) is 42.5 Å². The average Bonchev–Trinajstić information content (AvgIpc) is 3.89. The number of hydrogen-bond donors (Lipinski definition) is 0. The summed E-state index contributed by atoms with van der Waals surface area (Å²) in [7, 11) is 0. The average molecular weight is 830 g/mol. The predicted octanol–water partition coefficient (Wildman–Crippen LogP) is 15.2. The van der Waals surface area contributed by atoms with Crippen molar-refractivity contribution in [3.05, 3.63) is 235 Å². The first-order chi connectivity index (χ1) is 32.2. The van der Waals surface area contributed by atoms with Crippen LogP contribution in [0.3, 0.4) is 0 Å². The minimum absolute atomic E-state index is 0.566. The molecule has 2 aliphatic rings. The van der Waals surface area contributed by atoms with Crippen molar-refractivity contribution >= 4 is 43.6 Å². The highest BCUT2D eigenvalue weighted by molar-refractivity contribution is 6.14. The van der Waals surface area contributed by atoms with Crippen LogP contribution in [0.4, 0.5) is 0 Å². The van der Waals surface area contributed by atoms with Gasteiger partial charge in [-0.1, -0.05) is 164 Å². The molecule has 14 rings (SSSR count). The highest BCUT2D eigenvalue weighted by Gasteiger charge is 2.51. The lowest BCUT2D eigenvalue weighted by Crippen LogP contribution is -2.32. The predicted molar refractivity (Wildman–Crippen MR) is 261 cm³/mol. The number of furan rings is 1.